The second-order valence-electron chi connectivity index (χ2n) is 6.87. The van der Waals surface area contributed by atoms with Gasteiger partial charge in [-0.25, -0.2) is 9.67 Å². The van der Waals surface area contributed by atoms with Crippen molar-refractivity contribution in [3.05, 3.63) is 41.5 Å². The van der Waals surface area contributed by atoms with Crippen molar-refractivity contribution < 1.29 is 9.90 Å². The van der Waals surface area contributed by atoms with Crippen LogP contribution in [0.1, 0.15) is 49.3 Å². The van der Waals surface area contributed by atoms with E-state index in [1.807, 2.05) is 22.9 Å². The molecule has 1 heterocycles. The molecule has 3 atom stereocenters. The van der Waals surface area contributed by atoms with Gasteiger partial charge in [0.15, 0.2) is 5.82 Å². The number of likely N-dealkylation sites (N-methyl/N-ethyl adjacent to an activating group) is 1. The van der Waals surface area contributed by atoms with Gasteiger partial charge in [-0.15, -0.1) is 0 Å². The van der Waals surface area contributed by atoms with Crippen LogP contribution in [0.5, 0.6) is 0 Å². The number of hydrogen-bond donors (Lipinski definition) is 3. The van der Waals surface area contributed by atoms with Crippen LogP contribution in [0, 0.1) is 0 Å². The quantitative estimate of drug-likeness (QED) is 0.742. The van der Waals surface area contributed by atoms with Gasteiger partial charge in [-0.2, -0.15) is 5.10 Å². The number of para-hydroxylation sites is 1. The highest BCUT2D eigenvalue weighted by atomic mass is 16.3. The molecule has 1 fully saturated rings. The Kier molecular flexibility index (Phi) is 5.68. The number of rotatable bonds is 5. The Bertz CT molecular complexity index is 773. The molecule has 0 saturated heterocycles. The molecule has 0 radical (unpaired) electrons. The molecule has 0 unspecified atom stereocenters. The Morgan fingerprint density at radius 3 is 2.85 bits per heavy atom. The number of nitrogens with zero attached hydrogens (tertiary/aromatic N) is 3. The average molecular weight is 357 g/mol. The third-order valence-corrected chi connectivity index (χ3v) is 5.10. The second-order valence-corrected chi connectivity index (χ2v) is 6.87. The summed E-state index contributed by atoms with van der Waals surface area (Å²) in [5.74, 6) is 1.33. The van der Waals surface area contributed by atoms with Crippen LogP contribution in [0.2, 0.25) is 0 Å². The van der Waals surface area contributed by atoms with Gasteiger partial charge in [0.2, 0.25) is 5.91 Å². The molecule has 1 aliphatic rings. The molecular weight excluding hydrogens is 330 g/mol. The van der Waals surface area contributed by atoms with Gasteiger partial charge in [0.05, 0.1) is 18.2 Å². The number of nitrogens with two attached hydrogens (primary N) is 1. The SMILES string of the molecule is CCc1ccccc1-n1nc(CC(=O)NC)nc1[C@H]1CC[C@@H](O)[C@H](N)C1. The predicted octanol–water partition coefficient (Wildman–Crippen LogP) is 1.07. The number of aromatic nitrogens is 3. The molecule has 1 aliphatic carbocycles. The predicted molar refractivity (Wildman–Crippen MR) is 99.1 cm³/mol. The van der Waals surface area contributed by atoms with E-state index in [-0.39, 0.29) is 24.3 Å². The Morgan fingerprint density at radius 2 is 2.15 bits per heavy atom. The minimum absolute atomic E-state index is 0.115. The van der Waals surface area contributed by atoms with E-state index in [2.05, 4.69) is 28.4 Å². The molecule has 7 nitrogen and oxygen atoms in total. The highest BCUT2D eigenvalue weighted by Gasteiger charge is 2.31. The van der Waals surface area contributed by atoms with Crippen LogP contribution < -0.4 is 11.1 Å². The fourth-order valence-corrected chi connectivity index (χ4v) is 3.56. The molecule has 7 heteroatoms. The first-order valence-electron chi connectivity index (χ1n) is 9.21. The summed E-state index contributed by atoms with van der Waals surface area (Å²) in [5.41, 5.74) is 8.25. The van der Waals surface area contributed by atoms with Crippen molar-refractivity contribution >= 4 is 5.91 Å². The third kappa shape index (κ3) is 3.78. The van der Waals surface area contributed by atoms with Crippen molar-refractivity contribution in [3.8, 4) is 5.69 Å². The van der Waals surface area contributed by atoms with Crippen molar-refractivity contribution in [1.29, 1.82) is 0 Å². The van der Waals surface area contributed by atoms with Crippen molar-refractivity contribution in [3.63, 3.8) is 0 Å². The highest BCUT2D eigenvalue weighted by Crippen LogP contribution is 2.33. The molecule has 0 aliphatic heterocycles. The van der Waals surface area contributed by atoms with Crippen LogP contribution >= 0.6 is 0 Å². The van der Waals surface area contributed by atoms with E-state index in [1.165, 1.54) is 5.56 Å². The summed E-state index contributed by atoms with van der Waals surface area (Å²) >= 11 is 0. The minimum Gasteiger partial charge on any atom is -0.392 e. The smallest absolute Gasteiger partial charge is 0.227 e. The number of nitrogens with one attached hydrogen (secondary N) is 1. The maximum atomic E-state index is 11.8. The number of aliphatic hydroxyl groups excluding tert-OH is 1. The minimum atomic E-state index is -0.462. The summed E-state index contributed by atoms with van der Waals surface area (Å²) in [6.45, 7) is 2.10. The zero-order chi connectivity index (χ0) is 18.7. The fraction of sp³-hybridized carbons (Fsp3) is 0.526. The van der Waals surface area contributed by atoms with Gasteiger partial charge < -0.3 is 16.2 Å². The van der Waals surface area contributed by atoms with E-state index >= 15 is 0 Å². The summed E-state index contributed by atoms with van der Waals surface area (Å²) in [5, 5.41) is 17.2. The van der Waals surface area contributed by atoms with E-state index in [4.69, 9.17) is 5.73 Å². The van der Waals surface area contributed by atoms with E-state index in [0.717, 1.165) is 24.4 Å². The highest BCUT2D eigenvalue weighted by molar-refractivity contribution is 5.77. The normalized spacial score (nSPS) is 23.0. The first-order chi connectivity index (χ1) is 12.5. The molecule has 26 heavy (non-hydrogen) atoms. The van der Waals surface area contributed by atoms with Crippen LogP contribution in [-0.2, 0) is 17.6 Å². The van der Waals surface area contributed by atoms with Gasteiger partial charge in [-0.3, -0.25) is 4.79 Å². The lowest BCUT2D eigenvalue weighted by molar-refractivity contribution is -0.120. The molecule has 4 N–H and O–H groups in total. The Morgan fingerprint density at radius 1 is 1.38 bits per heavy atom. The molecule has 0 spiro atoms. The summed E-state index contributed by atoms with van der Waals surface area (Å²) in [6.07, 6.45) is 2.68. The van der Waals surface area contributed by atoms with Crippen molar-refractivity contribution in [2.75, 3.05) is 7.05 Å². The number of aryl methyl sites for hydroxylation is 1. The summed E-state index contributed by atoms with van der Waals surface area (Å²) in [7, 11) is 1.61. The molecule has 1 saturated carbocycles. The monoisotopic (exact) mass is 357 g/mol. The standard InChI is InChI=1S/C19H27N5O2/c1-3-12-6-4-5-7-15(12)24-19(13-8-9-16(25)14(20)10-13)22-17(23-24)11-18(26)21-2/h4-7,13-14,16,25H,3,8-11,20H2,1-2H3,(H,21,26)/t13-,14+,16+/m0/s1. The Balaban J connectivity index is 2.02. The number of aliphatic hydroxyl groups is 1. The van der Waals surface area contributed by atoms with Crippen LogP contribution in [0.4, 0.5) is 0 Å². The van der Waals surface area contributed by atoms with Gasteiger partial charge in [-0.1, -0.05) is 25.1 Å². The van der Waals surface area contributed by atoms with Crippen LogP contribution in [-0.4, -0.2) is 45.0 Å². The van der Waals surface area contributed by atoms with E-state index in [0.29, 0.717) is 18.7 Å². The van der Waals surface area contributed by atoms with Crippen molar-refractivity contribution in [1.82, 2.24) is 20.1 Å². The lowest BCUT2D eigenvalue weighted by atomic mass is 9.83. The lowest BCUT2D eigenvalue weighted by Gasteiger charge is -2.30. The summed E-state index contributed by atoms with van der Waals surface area (Å²) < 4.78 is 1.87. The fourth-order valence-electron chi connectivity index (χ4n) is 3.56. The second kappa shape index (κ2) is 7.97. The van der Waals surface area contributed by atoms with E-state index < -0.39 is 6.10 Å². The molecule has 3 rings (SSSR count). The number of carbonyl (C=O) groups is 1. The molecular formula is C19H27N5O2. The van der Waals surface area contributed by atoms with Gasteiger partial charge in [0.25, 0.3) is 0 Å². The number of amides is 1. The van der Waals surface area contributed by atoms with Crippen LogP contribution in [0.3, 0.4) is 0 Å². The van der Waals surface area contributed by atoms with Crippen LogP contribution in [0.25, 0.3) is 5.69 Å². The van der Waals surface area contributed by atoms with Crippen molar-refractivity contribution in [2.24, 2.45) is 5.73 Å². The van der Waals surface area contributed by atoms with Gasteiger partial charge >= 0.3 is 0 Å². The molecule has 2 aromatic rings. The third-order valence-electron chi connectivity index (χ3n) is 5.10. The Hall–Kier alpha value is -2.25. The molecule has 140 valence electrons. The Labute approximate surface area is 153 Å². The van der Waals surface area contributed by atoms with Gasteiger partial charge in [0, 0.05) is 19.0 Å². The first-order valence-corrected chi connectivity index (χ1v) is 9.21. The maximum Gasteiger partial charge on any atom is 0.227 e. The molecule has 0 bridgehead atoms. The topological polar surface area (TPSA) is 106 Å². The molecule has 1 aromatic carbocycles. The zero-order valence-electron chi connectivity index (χ0n) is 15.4. The van der Waals surface area contributed by atoms with Crippen LogP contribution in [0.15, 0.2) is 24.3 Å². The van der Waals surface area contributed by atoms with E-state index in [1.54, 1.807) is 7.05 Å². The molecule has 1 amide bonds. The zero-order valence-corrected chi connectivity index (χ0v) is 15.4. The maximum absolute atomic E-state index is 11.8. The summed E-state index contributed by atoms with van der Waals surface area (Å²) in [6, 6.07) is 7.84. The van der Waals surface area contributed by atoms with E-state index in [9.17, 15) is 9.90 Å². The molecule has 1 aromatic heterocycles. The van der Waals surface area contributed by atoms with Crippen molar-refractivity contribution in [2.45, 2.75) is 57.1 Å². The number of hydrogen-bond acceptors (Lipinski definition) is 5. The first kappa shape index (κ1) is 18.5. The average Bonchev–Trinajstić information content (AvgIpc) is 3.07. The van der Waals surface area contributed by atoms with Gasteiger partial charge in [0.1, 0.15) is 5.82 Å². The lowest BCUT2D eigenvalue weighted by Crippen LogP contribution is -2.40. The number of benzene rings is 1. The largest absolute Gasteiger partial charge is 0.392 e. The van der Waals surface area contributed by atoms with Gasteiger partial charge in [-0.05, 0) is 37.3 Å². The summed E-state index contributed by atoms with van der Waals surface area (Å²) in [4.78, 5) is 16.5. The number of carbonyl (C=O) groups excluding carboxylic acids is 1.